The first-order valence-electron chi connectivity index (χ1n) is 7.83. The lowest BCUT2D eigenvalue weighted by Gasteiger charge is -2.24. The SMILES string of the molecule is CNC(=O)[C@H](CC(C)C)C[C@H](O)[C@@H](N)Cc1ccc(Cl)c(Cl)c1. The van der Waals surface area contributed by atoms with Crippen LogP contribution in [0.2, 0.25) is 10.0 Å². The Morgan fingerprint density at radius 2 is 1.91 bits per heavy atom. The molecule has 0 fully saturated rings. The molecule has 1 amide bonds. The quantitative estimate of drug-likeness (QED) is 0.666. The third-order valence-electron chi connectivity index (χ3n) is 3.85. The summed E-state index contributed by atoms with van der Waals surface area (Å²) < 4.78 is 0. The van der Waals surface area contributed by atoms with Gasteiger partial charge in [-0.2, -0.15) is 0 Å². The first-order valence-corrected chi connectivity index (χ1v) is 8.59. The molecule has 4 N–H and O–H groups in total. The second-order valence-electron chi connectivity index (χ2n) is 6.36. The average molecular weight is 361 g/mol. The molecule has 0 aliphatic heterocycles. The van der Waals surface area contributed by atoms with Crippen molar-refractivity contribution in [1.82, 2.24) is 5.32 Å². The number of rotatable bonds is 8. The summed E-state index contributed by atoms with van der Waals surface area (Å²) in [6, 6.07) is 4.84. The highest BCUT2D eigenvalue weighted by atomic mass is 35.5. The van der Waals surface area contributed by atoms with Crippen molar-refractivity contribution in [1.29, 1.82) is 0 Å². The van der Waals surface area contributed by atoms with Crippen molar-refractivity contribution < 1.29 is 9.90 Å². The fraction of sp³-hybridized carbons (Fsp3) is 0.588. The van der Waals surface area contributed by atoms with Gasteiger partial charge in [-0.05, 0) is 42.9 Å². The molecule has 130 valence electrons. The highest BCUT2D eigenvalue weighted by molar-refractivity contribution is 6.42. The average Bonchev–Trinajstić information content (AvgIpc) is 2.48. The number of benzene rings is 1. The number of halogens is 2. The first kappa shape index (κ1) is 20.2. The van der Waals surface area contributed by atoms with Crippen molar-refractivity contribution in [3.05, 3.63) is 33.8 Å². The Bertz CT molecular complexity index is 523. The Hall–Kier alpha value is -0.810. The highest BCUT2D eigenvalue weighted by Crippen LogP contribution is 2.24. The number of carbonyl (C=O) groups is 1. The third kappa shape index (κ3) is 6.68. The van der Waals surface area contributed by atoms with Crippen LogP contribution in [0.5, 0.6) is 0 Å². The van der Waals surface area contributed by atoms with Gasteiger partial charge in [0.25, 0.3) is 0 Å². The lowest BCUT2D eigenvalue weighted by Crippen LogP contribution is -2.40. The number of aliphatic hydroxyl groups is 1. The molecule has 23 heavy (non-hydrogen) atoms. The normalized spacial score (nSPS) is 15.3. The number of aliphatic hydroxyl groups excluding tert-OH is 1. The van der Waals surface area contributed by atoms with E-state index in [9.17, 15) is 9.90 Å². The predicted octanol–water partition coefficient (Wildman–Crippen LogP) is 3.02. The molecule has 1 rings (SSSR count). The van der Waals surface area contributed by atoms with Crippen molar-refractivity contribution in [3.63, 3.8) is 0 Å². The number of hydrogen-bond acceptors (Lipinski definition) is 3. The molecule has 1 aromatic carbocycles. The molecule has 4 nitrogen and oxygen atoms in total. The van der Waals surface area contributed by atoms with Crippen molar-refractivity contribution in [2.45, 2.75) is 45.3 Å². The summed E-state index contributed by atoms with van der Waals surface area (Å²) >= 11 is 11.9. The summed E-state index contributed by atoms with van der Waals surface area (Å²) in [5, 5.41) is 14.0. The largest absolute Gasteiger partial charge is 0.391 e. The van der Waals surface area contributed by atoms with Crippen LogP contribution in [0, 0.1) is 11.8 Å². The fourth-order valence-electron chi connectivity index (χ4n) is 2.62. The summed E-state index contributed by atoms with van der Waals surface area (Å²) in [7, 11) is 1.61. The minimum Gasteiger partial charge on any atom is -0.391 e. The zero-order chi connectivity index (χ0) is 17.6. The van der Waals surface area contributed by atoms with Gasteiger partial charge >= 0.3 is 0 Å². The number of hydrogen-bond donors (Lipinski definition) is 3. The van der Waals surface area contributed by atoms with Crippen molar-refractivity contribution in [2.75, 3.05) is 7.05 Å². The maximum Gasteiger partial charge on any atom is 0.222 e. The lowest BCUT2D eigenvalue weighted by molar-refractivity contribution is -0.126. The molecule has 0 spiro atoms. The van der Waals surface area contributed by atoms with Crippen LogP contribution < -0.4 is 11.1 Å². The molecule has 0 unspecified atom stereocenters. The van der Waals surface area contributed by atoms with Crippen LogP contribution in [0.25, 0.3) is 0 Å². The highest BCUT2D eigenvalue weighted by Gasteiger charge is 2.25. The molecule has 3 atom stereocenters. The second kappa shape index (κ2) is 9.48. The van der Waals surface area contributed by atoms with Gasteiger partial charge < -0.3 is 16.2 Å². The fourth-order valence-corrected chi connectivity index (χ4v) is 2.95. The Kier molecular flexibility index (Phi) is 8.34. The summed E-state index contributed by atoms with van der Waals surface area (Å²) in [4.78, 5) is 12.0. The van der Waals surface area contributed by atoms with Gasteiger partial charge in [-0.3, -0.25) is 4.79 Å². The molecule has 0 aliphatic carbocycles. The Morgan fingerprint density at radius 3 is 2.43 bits per heavy atom. The number of amides is 1. The van der Waals surface area contributed by atoms with Gasteiger partial charge in [0.05, 0.1) is 16.1 Å². The summed E-state index contributed by atoms with van der Waals surface area (Å²) in [6.45, 7) is 4.11. The van der Waals surface area contributed by atoms with E-state index in [2.05, 4.69) is 19.2 Å². The van der Waals surface area contributed by atoms with Crippen LogP contribution in [0.15, 0.2) is 18.2 Å². The van der Waals surface area contributed by atoms with Crippen molar-refractivity contribution >= 4 is 29.1 Å². The monoisotopic (exact) mass is 360 g/mol. The Balaban J connectivity index is 2.68. The smallest absolute Gasteiger partial charge is 0.222 e. The van der Waals surface area contributed by atoms with E-state index in [0.29, 0.717) is 28.8 Å². The van der Waals surface area contributed by atoms with Crippen LogP contribution >= 0.6 is 23.2 Å². The van der Waals surface area contributed by atoms with Crippen LogP contribution in [0.4, 0.5) is 0 Å². The van der Waals surface area contributed by atoms with Crippen molar-refractivity contribution in [3.8, 4) is 0 Å². The molecule has 0 aromatic heterocycles. The molecular formula is C17H26Cl2N2O2. The predicted molar refractivity (Wildman–Crippen MR) is 95.8 cm³/mol. The van der Waals surface area contributed by atoms with Gasteiger partial charge in [0.1, 0.15) is 0 Å². The van der Waals surface area contributed by atoms with E-state index in [-0.39, 0.29) is 11.8 Å². The van der Waals surface area contributed by atoms with Gasteiger partial charge in [-0.15, -0.1) is 0 Å². The van der Waals surface area contributed by atoms with E-state index in [0.717, 1.165) is 12.0 Å². The van der Waals surface area contributed by atoms with Crippen LogP contribution in [0.3, 0.4) is 0 Å². The lowest BCUT2D eigenvalue weighted by atomic mass is 9.88. The number of nitrogens with two attached hydrogens (primary N) is 1. The molecule has 6 heteroatoms. The maximum atomic E-state index is 12.0. The molecule has 0 heterocycles. The zero-order valence-electron chi connectivity index (χ0n) is 13.9. The summed E-state index contributed by atoms with van der Waals surface area (Å²) in [6.07, 6.45) is 0.780. The molecule has 0 saturated heterocycles. The van der Waals surface area contributed by atoms with Gasteiger partial charge in [0.2, 0.25) is 5.91 Å². The minimum absolute atomic E-state index is 0.0560. The number of nitrogens with one attached hydrogen (secondary N) is 1. The Labute approximate surface area is 148 Å². The molecule has 0 aliphatic rings. The van der Waals surface area contributed by atoms with E-state index in [4.69, 9.17) is 28.9 Å². The maximum absolute atomic E-state index is 12.0. The summed E-state index contributed by atoms with van der Waals surface area (Å²) in [5.74, 6) is 0.0742. The van der Waals surface area contributed by atoms with Crippen LogP contribution in [-0.4, -0.2) is 30.2 Å². The second-order valence-corrected chi connectivity index (χ2v) is 7.17. The Morgan fingerprint density at radius 1 is 1.26 bits per heavy atom. The van der Waals surface area contributed by atoms with Gasteiger partial charge in [-0.25, -0.2) is 0 Å². The van der Waals surface area contributed by atoms with Crippen LogP contribution in [0.1, 0.15) is 32.3 Å². The van der Waals surface area contributed by atoms with Crippen LogP contribution in [-0.2, 0) is 11.2 Å². The minimum atomic E-state index is -0.759. The summed E-state index contributed by atoms with van der Waals surface area (Å²) in [5.41, 5.74) is 7.01. The van der Waals surface area contributed by atoms with Crippen molar-refractivity contribution in [2.24, 2.45) is 17.6 Å². The van der Waals surface area contributed by atoms with E-state index >= 15 is 0 Å². The molecule has 0 radical (unpaired) electrons. The van der Waals surface area contributed by atoms with E-state index < -0.39 is 12.1 Å². The molecule has 1 aromatic rings. The third-order valence-corrected chi connectivity index (χ3v) is 4.59. The van der Waals surface area contributed by atoms with Gasteiger partial charge in [-0.1, -0.05) is 43.1 Å². The zero-order valence-corrected chi connectivity index (χ0v) is 15.4. The van der Waals surface area contributed by atoms with E-state index in [1.54, 1.807) is 19.2 Å². The molecule has 0 saturated carbocycles. The first-order chi connectivity index (χ1) is 10.7. The van der Waals surface area contributed by atoms with Gasteiger partial charge in [0.15, 0.2) is 0 Å². The van der Waals surface area contributed by atoms with E-state index in [1.807, 2.05) is 6.07 Å². The molecular weight excluding hydrogens is 335 g/mol. The number of carbonyl (C=O) groups excluding carboxylic acids is 1. The van der Waals surface area contributed by atoms with E-state index in [1.165, 1.54) is 0 Å². The van der Waals surface area contributed by atoms with Gasteiger partial charge in [0, 0.05) is 19.0 Å². The topological polar surface area (TPSA) is 75.3 Å². The molecule has 0 bridgehead atoms. The standard InChI is InChI=1S/C17H26Cl2N2O2/c1-10(2)6-12(17(23)21-3)9-16(22)15(20)8-11-4-5-13(18)14(19)7-11/h4-5,7,10,12,15-16,22H,6,8-9,20H2,1-3H3,(H,21,23)/t12-,15+,16+/m1/s1.